The van der Waals surface area contributed by atoms with E-state index in [1.807, 2.05) is 42.3 Å². The maximum absolute atomic E-state index is 12.8. The van der Waals surface area contributed by atoms with Gasteiger partial charge in [-0.3, -0.25) is 14.6 Å². The van der Waals surface area contributed by atoms with Crippen LogP contribution in [-0.2, 0) is 16.0 Å². The highest BCUT2D eigenvalue weighted by Gasteiger charge is 2.52. The number of rotatable bonds is 1. The average Bonchev–Trinajstić information content (AvgIpc) is 2.80. The van der Waals surface area contributed by atoms with E-state index in [-0.39, 0.29) is 17.7 Å². The highest BCUT2D eigenvalue weighted by atomic mass is 16.2. The highest BCUT2D eigenvalue weighted by Crippen LogP contribution is 2.38. The number of aromatic nitrogens is 1. The lowest BCUT2D eigenvalue weighted by Gasteiger charge is -2.34. The molecule has 1 fully saturated rings. The molecule has 0 spiro atoms. The van der Waals surface area contributed by atoms with Gasteiger partial charge in [0.2, 0.25) is 5.91 Å². The first-order valence-electron chi connectivity index (χ1n) is 7.28. The first kappa shape index (κ1) is 13.0. The monoisotopic (exact) mass is 293 g/mol. The van der Waals surface area contributed by atoms with E-state index in [1.54, 1.807) is 18.3 Å². The van der Waals surface area contributed by atoms with Crippen molar-refractivity contribution in [2.45, 2.75) is 12.5 Å². The quantitative estimate of drug-likeness (QED) is 0.750. The largest absolute Gasteiger partial charge is 0.360 e. The zero-order valence-corrected chi connectivity index (χ0v) is 12.1. The van der Waals surface area contributed by atoms with Crippen molar-refractivity contribution in [3.8, 4) is 0 Å². The zero-order chi connectivity index (χ0) is 15.3. The van der Waals surface area contributed by atoms with Gasteiger partial charge in [0, 0.05) is 19.7 Å². The minimum Gasteiger partial charge on any atom is -0.360 e. The molecule has 2 aliphatic rings. The molecule has 22 heavy (non-hydrogen) atoms. The number of likely N-dealkylation sites (N-methyl/N-ethyl adjacent to an activating group) is 1. The third-order valence-electron chi connectivity index (χ3n) is 4.48. The van der Waals surface area contributed by atoms with Crippen molar-refractivity contribution in [1.29, 1.82) is 0 Å². The molecule has 3 heterocycles. The lowest BCUT2D eigenvalue weighted by molar-refractivity contribution is -0.122. The van der Waals surface area contributed by atoms with Crippen LogP contribution in [0.2, 0.25) is 0 Å². The Balaban J connectivity index is 1.78. The van der Waals surface area contributed by atoms with Gasteiger partial charge in [-0.05, 0) is 24.3 Å². The van der Waals surface area contributed by atoms with Crippen LogP contribution in [0.1, 0.15) is 5.69 Å². The van der Waals surface area contributed by atoms with Gasteiger partial charge in [0.25, 0.3) is 5.91 Å². The predicted octanol–water partition coefficient (Wildman–Crippen LogP) is 1.63. The maximum atomic E-state index is 12.8. The molecule has 2 atom stereocenters. The van der Waals surface area contributed by atoms with E-state index in [9.17, 15) is 9.59 Å². The Bertz CT molecular complexity index is 760. The second kappa shape index (κ2) is 4.66. The molecule has 110 valence electrons. The van der Waals surface area contributed by atoms with Gasteiger partial charge in [0.05, 0.1) is 23.0 Å². The fourth-order valence-corrected chi connectivity index (χ4v) is 3.45. The fourth-order valence-electron chi connectivity index (χ4n) is 3.45. The van der Waals surface area contributed by atoms with Gasteiger partial charge in [0.1, 0.15) is 6.04 Å². The third kappa shape index (κ3) is 1.68. The summed E-state index contributed by atoms with van der Waals surface area (Å²) in [7, 11) is 1.86. The number of nitrogens with zero attached hydrogens (tertiary/aromatic N) is 3. The van der Waals surface area contributed by atoms with E-state index in [2.05, 4.69) is 4.98 Å². The smallest absolute Gasteiger partial charge is 0.257 e. The lowest BCUT2D eigenvalue weighted by Crippen LogP contribution is -2.46. The second-order valence-corrected chi connectivity index (χ2v) is 5.68. The van der Waals surface area contributed by atoms with Crippen molar-refractivity contribution in [3.05, 3.63) is 54.4 Å². The Hall–Kier alpha value is -2.69. The second-order valence-electron chi connectivity index (χ2n) is 5.68. The first-order chi connectivity index (χ1) is 10.7. The average molecular weight is 293 g/mol. The molecule has 0 radical (unpaired) electrons. The molecule has 0 bridgehead atoms. The van der Waals surface area contributed by atoms with Crippen molar-refractivity contribution in [3.63, 3.8) is 0 Å². The molecule has 1 aromatic heterocycles. The molecule has 0 N–H and O–H groups in total. The van der Waals surface area contributed by atoms with E-state index >= 15 is 0 Å². The van der Waals surface area contributed by atoms with Crippen LogP contribution in [0.15, 0.2) is 48.7 Å². The number of hydrogen-bond acceptors (Lipinski definition) is 4. The first-order valence-corrected chi connectivity index (χ1v) is 7.28. The Morgan fingerprint density at radius 1 is 1.05 bits per heavy atom. The van der Waals surface area contributed by atoms with E-state index in [4.69, 9.17) is 0 Å². The number of fused-ring (bicyclic) bond motifs is 2. The Morgan fingerprint density at radius 2 is 1.82 bits per heavy atom. The van der Waals surface area contributed by atoms with Gasteiger partial charge >= 0.3 is 0 Å². The molecule has 0 unspecified atom stereocenters. The number of anilines is 2. The van der Waals surface area contributed by atoms with Crippen molar-refractivity contribution in [1.82, 2.24) is 4.98 Å². The normalized spacial score (nSPS) is 23.5. The number of para-hydroxylation sites is 1. The van der Waals surface area contributed by atoms with Crippen LogP contribution in [-0.4, -0.2) is 29.9 Å². The number of carbonyl (C=O) groups excluding carboxylic acids is 2. The molecule has 1 saturated heterocycles. The molecular formula is C17H15N3O2. The summed E-state index contributed by atoms with van der Waals surface area (Å²) >= 11 is 0. The van der Waals surface area contributed by atoms with Crippen LogP contribution >= 0.6 is 0 Å². The minimum absolute atomic E-state index is 0.135. The summed E-state index contributed by atoms with van der Waals surface area (Å²) in [5, 5.41) is 0. The van der Waals surface area contributed by atoms with E-state index in [0.29, 0.717) is 12.1 Å². The minimum atomic E-state index is -0.440. The summed E-state index contributed by atoms with van der Waals surface area (Å²) in [4.78, 5) is 33.1. The third-order valence-corrected chi connectivity index (χ3v) is 4.48. The van der Waals surface area contributed by atoms with Crippen LogP contribution in [0.4, 0.5) is 11.4 Å². The van der Waals surface area contributed by atoms with Gasteiger partial charge in [-0.25, -0.2) is 4.90 Å². The van der Waals surface area contributed by atoms with Crippen molar-refractivity contribution in [2.75, 3.05) is 16.8 Å². The predicted molar refractivity (Wildman–Crippen MR) is 82.6 cm³/mol. The molecular weight excluding hydrogens is 278 g/mol. The van der Waals surface area contributed by atoms with E-state index in [0.717, 1.165) is 11.4 Å². The van der Waals surface area contributed by atoms with Crippen molar-refractivity contribution >= 4 is 23.2 Å². The number of carbonyl (C=O) groups is 2. The number of imide groups is 1. The number of hydrogen-bond donors (Lipinski definition) is 0. The van der Waals surface area contributed by atoms with E-state index < -0.39 is 6.04 Å². The zero-order valence-electron chi connectivity index (χ0n) is 12.1. The SMILES string of the molecule is CN1c2cccnc2C[C@@H]2C(=O)N(c3ccccc3)C(=O)[C@@H]21. The van der Waals surface area contributed by atoms with Crippen LogP contribution in [0.25, 0.3) is 0 Å². The molecule has 2 amide bonds. The van der Waals surface area contributed by atoms with Crippen molar-refractivity contribution < 1.29 is 9.59 Å². The molecule has 2 aliphatic heterocycles. The highest BCUT2D eigenvalue weighted by molar-refractivity contribution is 6.24. The maximum Gasteiger partial charge on any atom is 0.257 e. The van der Waals surface area contributed by atoms with Gasteiger partial charge < -0.3 is 4.90 Å². The molecule has 5 nitrogen and oxygen atoms in total. The summed E-state index contributed by atoms with van der Waals surface area (Å²) in [6.45, 7) is 0. The molecule has 5 heteroatoms. The van der Waals surface area contributed by atoms with Crippen LogP contribution in [0.5, 0.6) is 0 Å². The van der Waals surface area contributed by atoms with Gasteiger partial charge in [-0.15, -0.1) is 0 Å². The lowest BCUT2D eigenvalue weighted by atomic mass is 9.90. The van der Waals surface area contributed by atoms with Gasteiger partial charge in [-0.2, -0.15) is 0 Å². The number of benzene rings is 1. The van der Waals surface area contributed by atoms with Crippen LogP contribution < -0.4 is 9.80 Å². The molecule has 0 saturated carbocycles. The molecule has 0 aliphatic carbocycles. The topological polar surface area (TPSA) is 53.5 Å². The summed E-state index contributed by atoms with van der Waals surface area (Å²) in [5.41, 5.74) is 2.44. The standard InChI is InChI=1S/C17H15N3O2/c1-19-14-8-5-9-18-13(14)10-12-15(19)17(22)20(16(12)21)11-6-3-2-4-7-11/h2-9,12,15H,10H2,1H3/t12-,15+/m0/s1. The van der Waals surface area contributed by atoms with Gasteiger partial charge in [-0.1, -0.05) is 18.2 Å². The van der Waals surface area contributed by atoms with Gasteiger partial charge in [0.15, 0.2) is 0 Å². The fraction of sp³-hybridized carbons (Fsp3) is 0.235. The summed E-state index contributed by atoms with van der Waals surface area (Å²) in [5.74, 6) is -0.650. The number of pyridine rings is 1. The van der Waals surface area contributed by atoms with Crippen LogP contribution in [0.3, 0.4) is 0 Å². The molecule has 2 aromatic rings. The number of amides is 2. The van der Waals surface area contributed by atoms with Crippen molar-refractivity contribution in [2.24, 2.45) is 5.92 Å². The Labute approximate surface area is 128 Å². The Morgan fingerprint density at radius 3 is 2.59 bits per heavy atom. The Kier molecular flexibility index (Phi) is 2.76. The molecule has 4 rings (SSSR count). The summed E-state index contributed by atoms with van der Waals surface area (Å²) < 4.78 is 0. The summed E-state index contributed by atoms with van der Waals surface area (Å²) in [6, 6.07) is 12.5. The van der Waals surface area contributed by atoms with Crippen LogP contribution in [0, 0.1) is 5.92 Å². The molecule has 1 aromatic carbocycles. The summed E-state index contributed by atoms with van der Waals surface area (Å²) in [6.07, 6.45) is 2.24. The van der Waals surface area contributed by atoms with E-state index in [1.165, 1.54) is 4.90 Å².